The molecular weight excluding hydrogens is 296 g/mol. The van der Waals surface area contributed by atoms with Crippen molar-refractivity contribution in [3.8, 4) is 11.5 Å². The Morgan fingerprint density at radius 2 is 2.13 bits per heavy atom. The van der Waals surface area contributed by atoms with E-state index in [1.165, 1.54) is 7.11 Å². The third-order valence-corrected chi connectivity index (χ3v) is 3.70. The predicted octanol–water partition coefficient (Wildman–Crippen LogP) is 1.53. The van der Waals surface area contributed by atoms with Gasteiger partial charge in [-0.2, -0.15) is 0 Å². The molecule has 2 rings (SSSR count). The van der Waals surface area contributed by atoms with E-state index in [1.54, 1.807) is 12.1 Å². The lowest BCUT2D eigenvalue weighted by Gasteiger charge is -2.17. The maximum atomic E-state index is 12.1. The van der Waals surface area contributed by atoms with Crippen molar-refractivity contribution in [3.63, 3.8) is 0 Å². The van der Waals surface area contributed by atoms with Crippen LogP contribution in [0.1, 0.15) is 24.8 Å². The van der Waals surface area contributed by atoms with Gasteiger partial charge in [0.2, 0.25) is 5.91 Å². The summed E-state index contributed by atoms with van der Waals surface area (Å²) in [6.07, 6.45) is 6.82. The standard InChI is InChI=1S/C17H22N2O4/c1-22-15-9-12(7-8-14(15)23-11-16(18)20)10-19-17(21)13-5-3-2-4-6-13/h2-3,7-9,13H,4-6,10-11H2,1H3,(H2,18,20)(H,19,21)/t13-/m1/s1. The Balaban J connectivity index is 1.93. The zero-order chi connectivity index (χ0) is 16.7. The zero-order valence-corrected chi connectivity index (χ0v) is 13.2. The summed E-state index contributed by atoms with van der Waals surface area (Å²) in [6.45, 7) is 0.215. The molecule has 3 N–H and O–H groups in total. The van der Waals surface area contributed by atoms with Crippen LogP contribution in [0.3, 0.4) is 0 Å². The van der Waals surface area contributed by atoms with Gasteiger partial charge in [0, 0.05) is 12.5 Å². The number of rotatable bonds is 7. The molecule has 0 fully saturated rings. The molecule has 23 heavy (non-hydrogen) atoms. The molecule has 0 unspecified atom stereocenters. The minimum absolute atomic E-state index is 0.0556. The molecule has 0 aromatic heterocycles. The fourth-order valence-electron chi connectivity index (χ4n) is 2.46. The van der Waals surface area contributed by atoms with Crippen molar-refractivity contribution < 1.29 is 19.1 Å². The summed E-state index contributed by atoms with van der Waals surface area (Å²) in [5.74, 6) is 0.518. The van der Waals surface area contributed by atoms with Gasteiger partial charge in [-0.05, 0) is 37.0 Å². The average molecular weight is 318 g/mol. The van der Waals surface area contributed by atoms with E-state index in [-0.39, 0.29) is 18.4 Å². The Morgan fingerprint density at radius 3 is 2.78 bits per heavy atom. The van der Waals surface area contributed by atoms with E-state index < -0.39 is 5.91 Å². The summed E-state index contributed by atoms with van der Waals surface area (Å²) in [5, 5.41) is 2.95. The first-order valence-corrected chi connectivity index (χ1v) is 7.61. The molecule has 1 atom stereocenters. The number of allylic oxidation sites excluding steroid dienone is 2. The van der Waals surface area contributed by atoms with Crippen LogP contribution in [-0.2, 0) is 16.1 Å². The van der Waals surface area contributed by atoms with Crippen molar-refractivity contribution in [2.24, 2.45) is 11.7 Å². The second-order valence-corrected chi connectivity index (χ2v) is 5.44. The van der Waals surface area contributed by atoms with Gasteiger partial charge in [-0.3, -0.25) is 9.59 Å². The molecule has 0 spiro atoms. The van der Waals surface area contributed by atoms with E-state index in [1.807, 2.05) is 6.07 Å². The Hall–Kier alpha value is -2.50. The highest BCUT2D eigenvalue weighted by atomic mass is 16.5. The molecule has 2 amide bonds. The van der Waals surface area contributed by atoms with Crippen LogP contribution in [0.25, 0.3) is 0 Å². The van der Waals surface area contributed by atoms with Crippen molar-refractivity contribution in [2.45, 2.75) is 25.8 Å². The quantitative estimate of drug-likeness (QED) is 0.746. The average Bonchev–Trinajstić information content (AvgIpc) is 2.58. The molecule has 124 valence electrons. The first kappa shape index (κ1) is 16.9. The largest absolute Gasteiger partial charge is 0.493 e. The zero-order valence-electron chi connectivity index (χ0n) is 13.2. The molecule has 1 aromatic carbocycles. The summed E-state index contributed by atoms with van der Waals surface area (Å²) < 4.78 is 10.5. The van der Waals surface area contributed by atoms with E-state index >= 15 is 0 Å². The second kappa shape index (κ2) is 8.22. The van der Waals surface area contributed by atoms with Crippen molar-refractivity contribution in [3.05, 3.63) is 35.9 Å². The van der Waals surface area contributed by atoms with Gasteiger partial charge in [-0.1, -0.05) is 18.2 Å². The second-order valence-electron chi connectivity index (χ2n) is 5.44. The van der Waals surface area contributed by atoms with Gasteiger partial charge >= 0.3 is 0 Å². The van der Waals surface area contributed by atoms with Crippen LogP contribution in [-0.4, -0.2) is 25.5 Å². The van der Waals surface area contributed by atoms with Gasteiger partial charge in [0.25, 0.3) is 5.91 Å². The van der Waals surface area contributed by atoms with Crippen LogP contribution in [0.4, 0.5) is 0 Å². The summed E-state index contributed by atoms with van der Waals surface area (Å²) in [6, 6.07) is 5.30. The third kappa shape index (κ3) is 5.02. The molecule has 0 saturated heterocycles. The highest BCUT2D eigenvalue weighted by Gasteiger charge is 2.18. The smallest absolute Gasteiger partial charge is 0.255 e. The lowest BCUT2D eigenvalue weighted by Crippen LogP contribution is -2.30. The molecule has 6 heteroatoms. The molecule has 0 bridgehead atoms. The lowest BCUT2D eigenvalue weighted by molar-refractivity contribution is -0.125. The van der Waals surface area contributed by atoms with E-state index in [0.29, 0.717) is 18.0 Å². The van der Waals surface area contributed by atoms with Crippen LogP contribution in [0.15, 0.2) is 30.4 Å². The number of primary amides is 1. The Bertz CT molecular complexity index is 598. The van der Waals surface area contributed by atoms with Gasteiger partial charge < -0.3 is 20.5 Å². The summed E-state index contributed by atoms with van der Waals surface area (Å²) in [5.41, 5.74) is 5.95. The molecule has 0 aliphatic heterocycles. The first-order valence-electron chi connectivity index (χ1n) is 7.61. The number of nitrogens with one attached hydrogen (secondary N) is 1. The molecule has 1 aromatic rings. The number of benzene rings is 1. The molecule has 1 aliphatic rings. The van der Waals surface area contributed by atoms with Crippen LogP contribution in [0.2, 0.25) is 0 Å². The summed E-state index contributed by atoms with van der Waals surface area (Å²) >= 11 is 0. The molecule has 6 nitrogen and oxygen atoms in total. The third-order valence-electron chi connectivity index (χ3n) is 3.70. The van der Waals surface area contributed by atoms with Crippen molar-refractivity contribution in [1.29, 1.82) is 0 Å². The Labute approximate surface area is 135 Å². The minimum Gasteiger partial charge on any atom is -0.493 e. The number of hydrogen-bond acceptors (Lipinski definition) is 4. The van der Waals surface area contributed by atoms with Crippen molar-refractivity contribution >= 4 is 11.8 Å². The Kier molecular flexibility index (Phi) is 6.02. The first-order chi connectivity index (χ1) is 11.1. The van der Waals surface area contributed by atoms with Crippen molar-refractivity contribution in [1.82, 2.24) is 5.32 Å². The van der Waals surface area contributed by atoms with E-state index in [9.17, 15) is 9.59 Å². The summed E-state index contributed by atoms with van der Waals surface area (Å²) in [7, 11) is 1.52. The van der Waals surface area contributed by atoms with Gasteiger partial charge in [-0.25, -0.2) is 0 Å². The molecule has 0 saturated carbocycles. The van der Waals surface area contributed by atoms with Crippen LogP contribution >= 0.6 is 0 Å². The van der Waals surface area contributed by atoms with Gasteiger partial charge in [0.05, 0.1) is 7.11 Å². The Morgan fingerprint density at radius 1 is 1.30 bits per heavy atom. The van der Waals surface area contributed by atoms with Crippen LogP contribution in [0, 0.1) is 5.92 Å². The maximum absolute atomic E-state index is 12.1. The van der Waals surface area contributed by atoms with E-state index in [4.69, 9.17) is 15.2 Å². The summed E-state index contributed by atoms with van der Waals surface area (Å²) in [4.78, 5) is 22.9. The fraction of sp³-hybridized carbons (Fsp3) is 0.412. The van der Waals surface area contributed by atoms with Gasteiger partial charge in [0.15, 0.2) is 18.1 Å². The number of nitrogens with two attached hydrogens (primary N) is 1. The number of hydrogen-bond donors (Lipinski definition) is 2. The van der Waals surface area contributed by atoms with Crippen LogP contribution in [0.5, 0.6) is 11.5 Å². The maximum Gasteiger partial charge on any atom is 0.255 e. The van der Waals surface area contributed by atoms with Gasteiger partial charge in [0.1, 0.15) is 0 Å². The van der Waals surface area contributed by atoms with Crippen molar-refractivity contribution in [2.75, 3.05) is 13.7 Å². The molecular formula is C17H22N2O4. The SMILES string of the molecule is COc1cc(CNC(=O)[C@@H]2CC=CCC2)ccc1OCC(N)=O. The number of carbonyl (C=O) groups is 2. The minimum atomic E-state index is -0.551. The number of ether oxygens (including phenoxy) is 2. The molecule has 0 heterocycles. The topological polar surface area (TPSA) is 90.7 Å². The highest BCUT2D eigenvalue weighted by molar-refractivity contribution is 5.79. The van der Waals surface area contributed by atoms with Gasteiger partial charge in [-0.15, -0.1) is 0 Å². The fourth-order valence-corrected chi connectivity index (χ4v) is 2.46. The monoisotopic (exact) mass is 318 g/mol. The highest BCUT2D eigenvalue weighted by Crippen LogP contribution is 2.28. The molecule has 1 aliphatic carbocycles. The normalized spacial score (nSPS) is 16.7. The van der Waals surface area contributed by atoms with Crippen LogP contribution < -0.4 is 20.5 Å². The number of amides is 2. The number of carbonyl (C=O) groups excluding carboxylic acids is 2. The predicted molar refractivity (Wildman–Crippen MR) is 86.0 cm³/mol. The number of methoxy groups -OCH3 is 1. The van der Waals surface area contributed by atoms with E-state index in [0.717, 1.165) is 24.8 Å². The van der Waals surface area contributed by atoms with E-state index in [2.05, 4.69) is 17.5 Å². The lowest BCUT2D eigenvalue weighted by atomic mass is 9.93. The molecule has 0 radical (unpaired) electrons.